The van der Waals surface area contributed by atoms with Gasteiger partial charge in [-0.25, -0.2) is 9.59 Å². The number of benzene rings is 5. The Bertz CT molecular complexity index is 3130. The molecule has 0 saturated carbocycles. The van der Waals surface area contributed by atoms with Gasteiger partial charge in [-0.1, -0.05) is 91.0 Å². The SMILES string of the molecule is CC(=O)N[C@@H]1[C@@H](O)C[C@](OCCCSCCC(=O)Nc2cccc(NC(=O)CCSCCCO[C@]3(C(=O)O)C[C@H](O)[C@@H](NC(C)=O)[C@H](C(O)[C@H](O)CNC(=O)c4ccc(-c5ccccc5)cc4)O3)c2)(C(=O)O)O[C@H]1C(O)[C@H](O)CNC(=O)c1ccc(-c2ccccc2)cc1. The van der Waals surface area contributed by atoms with Crippen molar-refractivity contribution >= 4 is 82.3 Å². The predicted octanol–water partition coefficient (Wildman–Crippen LogP) is 3.13. The fraction of sp³-hybridized carbons (Fsp3) is 0.424. The van der Waals surface area contributed by atoms with Gasteiger partial charge in [0.2, 0.25) is 23.6 Å². The van der Waals surface area contributed by atoms with E-state index in [1.165, 1.54) is 23.5 Å². The van der Waals surface area contributed by atoms with Crippen LogP contribution in [0.2, 0.25) is 0 Å². The maximum atomic E-state index is 13.0. The summed E-state index contributed by atoms with van der Waals surface area (Å²) in [5.41, 5.74) is 4.98. The Hall–Kier alpha value is -7.84. The van der Waals surface area contributed by atoms with Crippen LogP contribution in [0.25, 0.3) is 22.3 Å². The highest BCUT2D eigenvalue weighted by molar-refractivity contribution is 7.99. The monoisotopic (exact) mass is 1340 g/mol. The minimum absolute atomic E-state index is 0.0839. The van der Waals surface area contributed by atoms with Crippen molar-refractivity contribution in [3.8, 4) is 22.3 Å². The van der Waals surface area contributed by atoms with E-state index in [9.17, 15) is 79.2 Å². The number of amides is 6. The molecular weight excluding hydrogens is 1260 g/mol. The first-order valence-corrected chi connectivity index (χ1v) is 32.7. The van der Waals surface area contributed by atoms with Crippen LogP contribution in [-0.2, 0) is 47.7 Å². The molecule has 6 amide bonds. The smallest absolute Gasteiger partial charge is 0.364 e. The van der Waals surface area contributed by atoms with Crippen molar-refractivity contribution in [2.75, 3.05) is 59.9 Å². The minimum Gasteiger partial charge on any atom is -0.477 e. The molecule has 28 heteroatoms. The zero-order chi connectivity index (χ0) is 68.0. The number of nitrogens with one attached hydrogen (secondary N) is 6. The highest BCUT2D eigenvalue weighted by Crippen LogP contribution is 2.36. The number of thioether (sulfide) groups is 2. The summed E-state index contributed by atoms with van der Waals surface area (Å²) in [5, 5.41) is 103. The second-order valence-corrected chi connectivity index (χ2v) is 25.0. The Balaban J connectivity index is 0.786. The van der Waals surface area contributed by atoms with E-state index < -0.39 is 134 Å². The summed E-state index contributed by atoms with van der Waals surface area (Å²) in [4.78, 5) is 102. The van der Waals surface area contributed by atoms with Crippen LogP contribution in [0.1, 0.15) is 73.1 Å². The van der Waals surface area contributed by atoms with E-state index in [4.69, 9.17) is 18.9 Å². The first-order valence-electron chi connectivity index (χ1n) is 30.4. The molecule has 0 aromatic heterocycles. The van der Waals surface area contributed by atoms with Crippen molar-refractivity contribution in [1.29, 1.82) is 0 Å². The lowest BCUT2D eigenvalue weighted by molar-refractivity contribution is -0.310. The maximum Gasteiger partial charge on any atom is 0.364 e. The molecule has 2 fully saturated rings. The molecule has 2 aliphatic heterocycles. The van der Waals surface area contributed by atoms with Gasteiger partial charge in [0.15, 0.2) is 0 Å². The number of aliphatic hydroxyl groups excluding tert-OH is 6. The number of carbonyl (C=O) groups is 8. The zero-order valence-electron chi connectivity index (χ0n) is 51.7. The van der Waals surface area contributed by atoms with E-state index in [0.717, 1.165) is 36.1 Å². The molecular formula is C66H80N6O20S2. The van der Waals surface area contributed by atoms with Crippen molar-refractivity contribution in [2.24, 2.45) is 0 Å². The first-order chi connectivity index (χ1) is 45.0. The lowest BCUT2D eigenvalue weighted by Crippen LogP contribution is -2.68. The second-order valence-electron chi connectivity index (χ2n) is 22.5. The van der Waals surface area contributed by atoms with Crippen LogP contribution in [0.5, 0.6) is 0 Å². The van der Waals surface area contributed by atoms with E-state index in [1.807, 2.05) is 60.7 Å². The number of carbonyl (C=O) groups excluding carboxylic acids is 6. The third kappa shape index (κ3) is 21.1. The van der Waals surface area contributed by atoms with Crippen LogP contribution in [0.3, 0.4) is 0 Å². The highest BCUT2D eigenvalue weighted by atomic mass is 32.2. The molecule has 0 bridgehead atoms. The van der Waals surface area contributed by atoms with Gasteiger partial charge in [0.1, 0.15) is 24.4 Å². The second kappa shape index (κ2) is 35.6. The summed E-state index contributed by atoms with van der Waals surface area (Å²) >= 11 is 2.74. The number of rotatable bonds is 34. The number of ether oxygens (including phenoxy) is 4. The van der Waals surface area contributed by atoms with Crippen molar-refractivity contribution in [3.05, 3.63) is 145 Å². The average molecular weight is 1340 g/mol. The van der Waals surface area contributed by atoms with Gasteiger partial charge in [-0.05, 0) is 89.1 Å². The van der Waals surface area contributed by atoms with Crippen LogP contribution >= 0.6 is 23.5 Å². The molecule has 26 nitrogen and oxygen atoms in total. The Morgan fingerprint density at radius 1 is 0.511 bits per heavy atom. The molecule has 5 aromatic carbocycles. The van der Waals surface area contributed by atoms with Crippen molar-refractivity contribution < 1.29 is 98.2 Å². The van der Waals surface area contributed by atoms with Crippen LogP contribution in [0.4, 0.5) is 11.4 Å². The molecule has 2 unspecified atom stereocenters. The predicted molar refractivity (Wildman–Crippen MR) is 348 cm³/mol. The van der Waals surface area contributed by atoms with Gasteiger partial charge in [-0.15, -0.1) is 0 Å². The van der Waals surface area contributed by atoms with Gasteiger partial charge < -0.3 is 91.7 Å². The van der Waals surface area contributed by atoms with Crippen LogP contribution < -0.4 is 31.9 Å². The zero-order valence-corrected chi connectivity index (χ0v) is 53.3. The number of carboxylic acid groups (broad SMARTS) is 2. The van der Waals surface area contributed by atoms with Crippen molar-refractivity contribution in [3.63, 3.8) is 0 Å². The molecule has 14 N–H and O–H groups in total. The normalized spacial score (nSPS) is 22.3. The van der Waals surface area contributed by atoms with Crippen LogP contribution in [0, 0.1) is 0 Å². The number of aliphatic carboxylic acids is 2. The average Bonchev–Trinajstić information content (AvgIpc) is 0.777. The molecule has 0 radical (unpaired) electrons. The van der Waals surface area contributed by atoms with Gasteiger partial charge >= 0.3 is 11.9 Å². The first kappa shape index (κ1) is 73.6. The fourth-order valence-corrected chi connectivity index (χ4v) is 12.2. The van der Waals surface area contributed by atoms with E-state index in [1.54, 1.807) is 72.8 Å². The summed E-state index contributed by atoms with van der Waals surface area (Å²) in [5.74, 6) is -9.85. The quantitative estimate of drug-likeness (QED) is 0.0263. The van der Waals surface area contributed by atoms with E-state index >= 15 is 0 Å². The summed E-state index contributed by atoms with van der Waals surface area (Å²) in [7, 11) is 0. The maximum absolute atomic E-state index is 13.0. The largest absolute Gasteiger partial charge is 0.477 e. The number of hydrogen-bond acceptors (Lipinski definition) is 20. The molecule has 7 rings (SSSR count). The Morgan fingerprint density at radius 2 is 0.872 bits per heavy atom. The summed E-state index contributed by atoms with van der Waals surface area (Å²) in [6.45, 7) is 0.853. The summed E-state index contributed by atoms with van der Waals surface area (Å²) < 4.78 is 23.2. The van der Waals surface area contributed by atoms with Crippen molar-refractivity contribution in [2.45, 2.75) is 125 Å². The minimum atomic E-state index is -2.51. The molecule has 0 aliphatic carbocycles. The third-order valence-corrected chi connectivity index (χ3v) is 17.5. The number of anilines is 2. The van der Waals surface area contributed by atoms with E-state index in [-0.39, 0.29) is 61.8 Å². The van der Waals surface area contributed by atoms with Gasteiger partial charge in [0, 0.05) is 86.6 Å². The molecule has 0 spiro atoms. The van der Waals surface area contributed by atoms with Crippen LogP contribution in [0.15, 0.2) is 133 Å². The summed E-state index contributed by atoms with van der Waals surface area (Å²) in [6, 6.07) is 36.1. The van der Waals surface area contributed by atoms with Gasteiger partial charge in [0.05, 0.1) is 49.7 Å². The standard InChI is InChI=1S/C66H80N6O20S2/c1-39(73)69-55-49(75)35-65(63(85)86,91-59(55)57(81)51(77)37-67-61(83)45-22-18-43(19-23-45)41-12-5-3-6-13-41)89-28-10-30-93-32-26-53(79)71-47-16-9-17-48(34-47)72-54(80)27-33-94-31-11-29-90-66(64(87)88)36-50(76)56(70-40(2)74)60(92-66)58(82)52(78)38-68-62(84)46-24-20-44(21-25-46)42-14-7-4-8-15-42/h3-9,12-25,34,49-52,55-60,75-78,81-82H,10-11,26-33,35-38H2,1-2H3,(H,67,83)(H,68,84)(H,69,73)(H,70,74)(H,71,79)(H,72,80)(H,85,86)(H,87,88)/t49-,50-,51+,52+,55+,56+,57?,58?,59+,60+,65+,66+/m0/s1. The molecule has 5 aromatic rings. The molecule has 2 aliphatic rings. The molecule has 2 saturated heterocycles. The molecule has 12 atom stereocenters. The third-order valence-electron chi connectivity index (χ3n) is 15.4. The van der Waals surface area contributed by atoms with Crippen molar-refractivity contribution in [1.82, 2.24) is 21.3 Å². The topological polar surface area (TPSA) is 408 Å². The van der Waals surface area contributed by atoms with Gasteiger partial charge in [0.25, 0.3) is 23.4 Å². The molecule has 506 valence electrons. The fourth-order valence-electron chi connectivity index (χ4n) is 10.5. The van der Waals surface area contributed by atoms with Crippen LogP contribution in [-0.4, -0.2) is 210 Å². The lowest BCUT2D eigenvalue weighted by atomic mass is 9.88. The number of aliphatic hydroxyl groups is 6. The molecule has 2 heterocycles. The van der Waals surface area contributed by atoms with Gasteiger partial charge in [-0.3, -0.25) is 28.8 Å². The Morgan fingerprint density at radius 3 is 1.22 bits per heavy atom. The molecule has 94 heavy (non-hydrogen) atoms. The van der Waals surface area contributed by atoms with Gasteiger partial charge in [-0.2, -0.15) is 23.5 Å². The number of hydrogen-bond donors (Lipinski definition) is 14. The number of carboxylic acids is 2. The Labute approximate surface area is 550 Å². The van der Waals surface area contributed by atoms with E-state index in [0.29, 0.717) is 34.4 Å². The summed E-state index contributed by atoms with van der Waals surface area (Å²) in [6.07, 6.45) is -14.7. The highest BCUT2D eigenvalue weighted by Gasteiger charge is 2.57. The Kier molecular flexibility index (Phi) is 27.9. The van der Waals surface area contributed by atoms with E-state index in [2.05, 4.69) is 31.9 Å². The lowest BCUT2D eigenvalue weighted by Gasteiger charge is -2.46.